The van der Waals surface area contributed by atoms with Crippen LogP contribution < -0.4 is 9.47 Å². The van der Waals surface area contributed by atoms with Crippen LogP contribution in [0.15, 0.2) is 84.9 Å². The molecule has 166 valence electrons. The molecule has 0 radical (unpaired) electrons. The van der Waals surface area contributed by atoms with E-state index in [2.05, 4.69) is 36.4 Å². The van der Waals surface area contributed by atoms with Gasteiger partial charge in [-0.25, -0.2) is 4.79 Å². The molecular formula is C28H30O4. The number of hydrogen-bond acceptors (Lipinski definition) is 4. The lowest BCUT2D eigenvalue weighted by Crippen LogP contribution is -2.42. The molecule has 0 unspecified atom stereocenters. The van der Waals surface area contributed by atoms with Gasteiger partial charge in [-0.05, 0) is 67.3 Å². The molecule has 0 spiro atoms. The molecule has 0 saturated heterocycles. The Kier molecular flexibility index (Phi) is 8.09. The van der Waals surface area contributed by atoms with Gasteiger partial charge < -0.3 is 14.2 Å². The first-order valence-electron chi connectivity index (χ1n) is 10.9. The zero-order chi connectivity index (χ0) is 22.8. The fourth-order valence-corrected chi connectivity index (χ4v) is 3.15. The number of rotatable bonds is 10. The molecule has 0 aliphatic rings. The molecule has 0 fully saturated rings. The van der Waals surface area contributed by atoms with Gasteiger partial charge in [0, 0.05) is 0 Å². The second-order valence-corrected chi connectivity index (χ2v) is 7.58. The van der Waals surface area contributed by atoms with Crippen LogP contribution in [0.2, 0.25) is 0 Å². The summed E-state index contributed by atoms with van der Waals surface area (Å²) in [6.45, 7) is 6.21. The Hall–Kier alpha value is -3.53. The summed E-state index contributed by atoms with van der Waals surface area (Å²) in [5, 5.41) is 0. The molecule has 1 atom stereocenters. The van der Waals surface area contributed by atoms with Crippen molar-refractivity contribution in [3.05, 3.63) is 90.5 Å². The molecule has 0 aliphatic heterocycles. The highest BCUT2D eigenvalue weighted by molar-refractivity contribution is 5.79. The molecule has 32 heavy (non-hydrogen) atoms. The summed E-state index contributed by atoms with van der Waals surface area (Å²) in [5.41, 5.74) is 2.52. The highest BCUT2D eigenvalue weighted by Gasteiger charge is 2.35. The Morgan fingerprint density at radius 2 is 1.47 bits per heavy atom. The standard InChI is InChI=1S/C28H30O4/c1-4-28(3,27(29)30-5-2)32-26-19-17-25(18-20-26)31-21-9-10-22-13-15-24(16-14-22)23-11-7-6-8-12-23/h6-20H,4-5,21H2,1-3H3/t28-/m0/s1. The maximum atomic E-state index is 12.2. The van der Waals surface area contributed by atoms with Crippen LogP contribution in [0.25, 0.3) is 17.2 Å². The van der Waals surface area contributed by atoms with Crippen LogP contribution in [0.3, 0.4) is 0 Å². The van der Waals surface area contributed by atoms with Gasteiger partial charge in [-0.1, -0.05) is 67.6 Å². The number of hydrogen-bond donors (Lipinski definition) is 0. The highest BCUT2D eigenvalue weighted by Crippen LogP contribution is 2.25. The third-order valence-corrected chi connectivity index (χ3v) is 5.22. The van der Waals surface area contributed by atoms with Gasteiger partial charge in [-0.15, -0.1) is 0 Å². The van der Waals surface area contributed by atoms with Gasteiger partial charge in [0.05, 0.1) is 6.61 Å². The summed E-state index contributed by atoms with van der Waals surface area (Å²) in [6.07, 6.45) is 4.54. The van der Waals surface area contributed by atoms with Crippen LogP contribution in [0.5, 0.6) is 11.5 Å². The average molecular weight is 431 g/mol. The molecule has 3 aromatic carbocycles. The van der Waals surface area contributed by atoms with E-state index in [1.54, 1.807) is 26.0 Å². The fourth-order valence-electron chi connectivity index (χ4n) is 3.15. The summed E-state index contributed by atoms with van der Waals surface area (Å²) in [7, 11) is 0. The molecule has 0 amide bonds. The Labute approximate surface area is 190 Å². The van der Waals surface area contributed by atoms with Crippen molar-refractivity contribution in [3.63, 3.8) is 0 Å². The van der Waals surface area contributed by atoms with Crippen molar-refractivity contribution in [3.8, 4) is 22.6 Å². The van der Waals surface area contributed by atoms with Gasteiger partial charge in [0.1, 0.15) is 18.1 Å². The number of carbonyl (C=O) groups is 1. The van der Waals surface area contributed by atoms with E-state index < -0.39 is 5.60 Å². The third-order valence-electron chi connectivity index (χ3n) is 5.22. The summed E-state index contributed by atoms with van der Waals surface area (Å²) in [5.74, 6) is 0.976. The topological polar surface area (TPSA) is 44.8 Å². The monoisotopic (exact) mass is 430 g/mol. The average Bonchev–Trinajstić information content (AvgIpc) is 2.84. The second kappa shape index (κ2) is 11.2. The van der Waals surface area contributed by atoms with E-state index in [4.69, 9.17) is 14.2 Å². The summed E-state index contributed by atoms with van der Waals surface area (Å²) in [6, 6.07) is 26.0. The van der Waals surface area contributed by atoms with Crippen molar-refractivity contribution in [2.24, 2.45) is 0 Å². The van der Waals surface area contributed by atoms with Crippen molar-refractivity contribution in [2.45, 2.75) is 32.8 Å². The summed E-state index contributed by atoms with van der Waals surface area (Å²) in [4.78, 5) is 12.2. The van der Waals surface area contributed by atoms with Gasteiger partial charge in [0.25, 0.3) is 0 Å². The van der Waals surface area contributed by atoms with Crippen LogP contribution in [0.4, 0.5) is 0 Å². The van der Waals surface area contributed by atoms with Crippen LogP contribution in [-0.4, -0.2) is 24.8 Å². The van der Waals surface area contributed by atoms with E-state index in [0.29, 0.717) is 25.4 Å². The van der Waals surface area contributed by atoms with Gasteiger partial charge in [-0.3, -0.25) is 0 Å². The molecular weight excluding hydrogens is 400 g/mol. The molecule has 3 rings (SSSR count). The molecule has 0 aromatic heterocycles. The van der Waals surface area contributed by atoms with Gasteiger partial charge in [0.2, 0.25) is 5.60 Å². The van der Waals surface area contributed by atoms with Crippen molar-refractivity contribution in [2.75, 3.05) is 13.2 Å². The maximum absolute atomic E-state index is 12.2. The summed E-state index contributed by atoms with van der Waals surface area (Å²) >= 11 is 0. The van der Waals surface area contributed by atoms with Crippen LogP contribution >= 0.6 is 0 Å². The lowest BCUT2D eigenvalue weighted by molar-refractivity contribution is -0.160. The lowest BCUT2D eigenvalue weighted by Gasteiger charge is -2.27. The highest BCUT2D eigenvalue weighted by atomic mass is 16.6. The Balaban J connectivity index is 1.51. The largest absolute Gasteiger partial charge is 0.490 e. The van der Waals surface area contributed by atoms with Crippen molar-refractivity contribution >= 4 is 12.0 Å². The van der Waals surface area contributed by atoms with E-state index in [-0.39, 0.29) is 5.97 Å². The molecule has 0 heterocycles. The predicted octanol–water partition coefficient (Wildman–Crippen LogP) is 6.56. The van der Waals surface area contributed by atoms with Crippen molar-refractivity contribution in [1.29, 1.82) is 0 Å². The van der Waals surface area contributed by atoms with Crippen molar-refractivity contribution in [1.82, 2.24) is 0 Å². The molecule has 0 aliphatic carbocycles. The minimum Gasteiger partial charge on any atom is -0.490 e. The van der Waals surface area contributed by atoms with E-state index in [1.807, 2.05) is 49.4 Å². The van der Waals surface area contributed by atoms with Crippen LogP contribution in [0, 0.1) is 0 Å². The first kappa shape index (κ1) is 23.1. The second-order valence-electron chi connectivity index (χ2n) is 7.58. The Morgan fingerprint density at radius 1 is 0.844 bits per heavy atom. The normalized spacial score (nSPS) is 12.8. The van der Waals surface area contributed by atoms with E-state index in [1.165, 1.54) is 11.1 Å². The zero-order valence-corrected chi connectivity index (χ0v) is 18.9. The molecule has 3 aromatic rings. The predicted molar refractivity (Wildman–Crippen MR) is 129 cm³/mol. The molecule has 4 heteroatoms. The Bertz CT molecular complexity index is 1010. The minimum atomic E-state index is -1.00. The molecule has 4 nitrogen and oxygen atoms in total. The van der Waals surface area contributed by atoms with Gasteiger partial charge >= 0.3 is 5.97 Å². The minimum absolute atomic E-state index is 0.329. The first-order valence-corrected chi connectivity index (χ1v) is 10.9. The number of benzene rings is 3. The van der Waals surface area contributed by atoms with Crippen LogP contribution in [-0.2, 0) is 9.53 Å². The smallest absolute Gasteiger partial charge is 0.350 e. The lowest BCUT2D eigenvalue weighted by atomic mass is 10.0. The Morgan fingerprint density at radius 3 is 2.09 bits per heavy atom. The molecule has 0 bridgehead atoms. The number of carbonyl (C=O) groups excluding carboxylic acids is 1. The zero-order valence-electron chi connectivity index (χ0n) is 18.9. The quantitative estimate of drug-likeness (QED) is 0.342. The SMILES string of the molecule is CCOC(=O)[C@](C)(CC)Oc1ccc(OCC=Cc2ccc(-c3ccccc3)cc2)cc1. The van der Waals surface area contributed by atoms with Crippen molar-refractivity contribution < 1.29 is 19.0 Å². The van der Waals surface area contributed by atoms with Gasteiger partial charge in [-0.2, -0.15) is 0 Å². The number of esters is 1. The van der Waals surface area contributed by atoms with E-state index >= 15 is 0 Å². The summed E-state index contributed by atoms with van der Waals surface area (Å²) < 4.78 is 16.8. The fraction of sp³-hybridized carbons (Fsp3) is 0.250. The van der Waals surface area contributed by atoms with E-state index in [9.17, 15) is 4.79 Å². The first-order chi connectivity index (χ1) is 15.5. The number of ether oxygens (including phenoxy) is 3. The van der Waals surface area contributed by atoms with Gasteiger partial charge in [0.15, 0.2) is 0 Å². The molecule has 0 saturated carbocycles. The van der Waals surface area contributed by atoms with E-state index in [0.717, 1.165) is 11.3 Å². The maximum Gasteiger partial charge on any atom is 0.350 e. The van der Waals surface area contributed by atoms with Crippen LogP contribution in [0.1, 0.15) is 32.8 Å². The third kappa shape index (κ3) is 6.24. The molecule has 0 N–H and O–H groups in total.